The van der Waals surface area contributed by atoms with Crippen molar-refractivity contribution in [2.24, 2.45) is 0 Å². The number of rotatable bonds is 39. The van der Waals surface area contributed by atoms with Crippen LogP contribution in [0.15, 0.2) is 24.3 Å². The maximum atomic E-state index is 12.5. The quantitative estimate of drug-likeness (QED) is 0.0287. The zero-order valence-electron chi connectivity index (χ0n) is 33.3. The Morgan fingerprint density at radius 1 is 0.529 bits per heavy atom. The van der Waals surface area contributed by atoms with Gasteiger partial charge in [-0.3, -0.25) is 18.6 Å². The van der Waals surface area contributed by atoms with Gasteiger partial charge in [-0.25, -0.2) is 4.57 Å². The normalized spacial score (nSPS) is 13.6. The number of hydrogen-bond acceptors (Lipinski definition) is 7. The molecule has 0 amide bonds. The Morgan fingerprint density at radius 3 is 1.39 bits per heavy atom. The van der Waals surface area contributed by atoms with Crippen molar-refractivity contribution in [2.45, 2.75) is 213 Å². The van der Waals surface area contributed by atoms with Crippen molar-refractivity contribution < 1.29 is 37.6 Å². The fourth-order valence-corrected chi connectivity index (χ4v) is 6.65. The number of hydrogen-bond donors (Lipinski definition) is 1. The van der Waals surface area contributed by atoms with Crippen molar-refractivity contribution in [3.8, 4) is 0 Å². The minimum absolute atomic E-state index is 0.00131. The van der Waals surface area contributed by atoms with Gasteiger partial charge in [0.05, 0.1) is 13.2 Å². The molecule has 0 aromatic heterocycles. The van der Waals surface area contributed by atoms with Crippen LogP contribution in [0.3, 0.4) is 0 Å². The Kier molecular flexibility index (Phi) is 37.2. The number of allylic oxidation sites excluding steroid dienone is 4. The van der Waals surface area contributed by atoms with E-state index in [0.717, 1.165) is 44.9 Å². The molecule has 0 radical (unpaired) electrons. The second kappa shape index (κ2) is 38.3. The molecule has 300 valence electrons. The van der Waals surface area contributed by atoms with Crippen LogP contribution in [-0.2, 0) is 32.7 Å². The van der Waals surface area contributed by atoms with Crippen molar-refractivity contribution in [2.75, 3.05) is 19.8 Å². The first-order chi connectivity index (χ1) is 24.8. The van der Waals surface area contributed by atoms with Crippen LogP contribution < -0.4 is 0 Å². The van der Waals surface area contributed by atoms with Gasteiger partial charge in [-0.2, -0.15) is 0 Å². The smallest absolute Gasteiger partial charge is 0.462 e. The van der Waals surface area contributed by atoms with Gasteiger partial charge in [0, 0.05) is 12.8 Å². The monoisotopic (exact) mass is 743 g/mol. The summed E-state index contributed by atoms with van der Waals surface area (Å²) in [7, 11) is -4.27. The standard InChI is InChI=1S/C42H79O8P/c1-4-7-9-11-13-15-17-18-19-20-21-22-23-24-25-26-27-29-31-33-35-37-42(44)50-40(39-49-51(45,46)48-6-3)38-47-41(43)36-34-32-30-28-16-14-12-10-8-5-2/h17-18,20-21,40H,4-16,19,22-39H2,1-3H3,(H,45,46)/b18-17-,21-20-. The third kappa shape index (κ3) is 38.1. The predicted octanol–water partition coefficient (Wildman–Crippen LogP) is 13.1. The van der Waals surface area contributed by atoms with Crippen LogP contribution >= 0.6 is 7.82 Å². The van der Waals surface area contributed by atoms with Gasteiger partial charge in [-0.15, -0.1) is 0 Å². The van der Waals surface area contributed by atoms with Crippen molar-refractivity contribution in [3.63, 3.8) is 0 Å². The molecule has 0 aliphatic rings. The minimum atomic E-state index is -4.27. The average Bonchev–Trinajstić information content (AvgIpc) is 3.10. The summed E-state index contributed by atoms with van der Waals surface area (Å²) in [5, 5.41) is 0. The van der Waals surface area contributed by atoms with E-state index in [-0.39, 0.29) is 25.6 Å². The summed E-state index contributed by atoms with van der Waals surface area (Å²) in [4.78, 5) is 34.6. The van der Waals surface area contributed by atoms with E-state index >= 15 is 0 Å². The van der Waals surface area contributed by atoms with E-state index in [1.165, 1.54) is 122 Å². The topological polar surface area (TPSA) is 108 Å². The Hall–Kier alpha value is -1.47. The first-order valence-corrected chi connectivity index (χ1v) is 22.6. The van der Waals surface area contributed by atoms with Gasteiger partial charge in [0.15, 0.2) is 6.10 Å². The first kappa shape index (κ1) is 49.5. The molecule has 2 unspecified atom stereocenters. The Labute approximate surface area is 313 Å². The Morgan fingerprint density at radius 2 is 0.941 bits per heavy atom. The zero-order chi connectivity index (χ0) is 37.5. The Balaban J connectivity index is 4.03. The molecule has 0 aliphatic heterocycles. The van der Waals surface area contributed by atoms with Gasteiger partial charge in [-0.05, 0) is 51.9 Å². The number of ether oxygens (including phenoxy) is 2. The molecule has 0 rings (SSSR count). The summed E-state index contributed by atoms with van der Waals surface area (Å²) >= 11 is 0. The maximum absolute atomic E-state index is 12.5. The van der Waals surface area contributed by atoms with Gasteiger partial charge in [0.1, 0.15) is 6.61 Å². The van der Waals surface area contributed by atoms with Crippen LogP contribution in [0.5, 0.6) is 0 Å². The van der Waals surface area contributed by atoms with E-state index in [2.05, 4.69) is 38.2 Å². The third-order valence-electron chi connectivity index (χ3n) is 9.01. The molecule has 1 N–H and O–H groups in total. The molecule has 0 heterocycles. The molecule has 51 heavy (non-hydrogen) atoms. The number of phosphoric acid groups is 1. The number of carbonyl (C=O) groups is 2. The van der Waals surface area contributed by atoms with Crippen LogP contribution in [0.1, 0.15) is 207 Å². The molecule has 0 saturated heterocycles. The second-order valence-corrected chi connectivity index (χ2v) is 15.5. The molecule has 9 heteroatoms. The third-order valence-corrected chi connectivity index (χ3v) is 10.1. The molecule has 0 saturated carbocycles. The molecule has 0 aromatic rings. The zero-order valence-corrected chi connectivity index (χ0v) is 34.2. The van der Waals surface area contributed by atoms with Crippen molar-refractivity contribution in [1.29, 1.82) is 0 Å². The van der Waals surface area contributed by atoms with Crippen molar-refractivity contribution in [1.82, 2.24) is 0 Å². The van der Waals surface area contributed by atoms with E-state index in [1.807, 2.05) is 0 Å². The fourth-order valence-electron chi connectivity index (χ4n) is 5.89. The van der Waals surface area contributed by atoms with E-state index in [4.69, 9.17) is 18.5 Å². The van der Waals surface area contributed by atoms with Crippen LogP contribution in [0.4, 0.5) is 0 Å². The summed E-state index contributed by atoms with van der Waals surface area (Å²) < 4.78 is 32.6. The number of unbranched alkanes of at least 4 members (excludes halogenated alkanes) is 23. The molecule has 2 atom stereocenters. The number of phosphoric ester groups is 1. The van der Waals surface area contributed by atoms with Gasteiger partial charge in [0.25, 0.3) is 0 Å². The summed E-state index contributed by atoms with van der Waals surface area (Å²) in [6, 6.07) is 0. The lowest BCUT2D eigenvalue weighted by Crippen LogP contribution is -2.29. The lowest BCUT2D eigenvalue weighted by Gasteiger charge is -2.19. The van der Waals surface area contributed by atoms with Gasteiger partial charge in [0.2, 0.25) is 0 Å². The Bertz CT molecular complexity index is 890. The molecule has 0 bridgehead atoms. The molecule has 0 aromatic carbocycles. The fraction of sp³-hybridized carbons (Fsp3) is 0.857. The largest absolute Gasteiger partial charge is 0.472 e. The molecule has 8 nitrogen and oxygen atoms in total. The summed E-state index contributed by atoms with van der Waals surface area (Å²) in [5.74, 6) is -0.798. The number of carbonyl (C=O) groups excluding carboxylic acids is 2. The summed E-state index contributed by atoms with van der Waals surface area (Å²) in [6.45, 7) is 5.45. The number of esters is 2. The van der Waals surface area contributed by atoms with Crippen LogP contribution in [0, 0.1) is 0 Å². The highest BCUT2D eigenvalue weighted by atomic mass is 31.2. The molecular formula is C42H79O8P. The highest BCUT2D eigenvalue weighted by Crippen LogP contribution is 2.43. The van der Waals surface area contributed by atoms with Crippen LogP contribution in [0.2, 0.25) is 0 Å². The van der Waals surface area contributed by atoms with E-state index in [1.54, 1.807) is 6.92 Å². The highest BCUT2D eigenvalue weighted by Gasteiger charge is 2.25. The maximum Gasteiger partial charge on any atom is 0.472 e. The second-order valence-electron chi connectivity index (χ2n) is 14.0. The summed E-state index contributed by atoms with van der Waals surface area (Å²) in [5.41, 5.74) is 0. The summed E-state index contributed by atoms with van der Waals surface area (Å²) in [6.07, 6.45) is 40.9. The van der Waals surface area contributed by atoms with Gasteiger partial charge >= 0.3 is 19.8 Å². The minimum Gasteiger partial charge on any atom is -0.462 e. The SMILES string of the molecule is CCCCCCC/C=C\C/C=C\CCCCCCCCCCCC(=O)OC(COC(=O)CCCCCCCCCCCC)COP(=O)(O)OCC. The lowest BCUT2D eigenvalue weighted by molar-refractivity contribution is -0.161. The molecule has 0 fully saturated rings. The molecule has 0 spiro atoms. The molecule has 0 aliphatic carbocycles. The van der Waals surface area contributed by atoms with E-state index in [9.17, 15) is 19.0 Å². The van der Waals surface area contributed by atoms with Gasteiger partial charge in [-0.1, -0.05) is 167 Å². The van der Waals surface area contributed by atoms with Crippen molar-refractivity contribution >= 4 is 19.8 Å². The van der Waals surface area contributed by atoms with Crippen LogP contribution in [-0.4, -0.2) is 42.8 Å². The average molecular weight is 743 g/mol. The first-order valence-electron chi connectivity index (χ1n) is 21.1. The highest BCUT2D eigenvalue weighted by molar-refractivity contribution is 7.47. The van der Waals surface area contributed by atoms with E-state index in [0.29, 0.717) is 12.8 Å². The van der Waals surface area contributed by atoms with Crippen LogP contribution in [0.25, 0.3) is 0 Å². The predicted molar refractivity (Wildman–Crippen MR) is 212 cm³/mol. The molecular weight excluding hydrogens is 663 g/mol. The van der Waals surface area contributed by atoms with Gasteiger partial charge < -0.3 is 14.4 Å². The van der Waals surface area contributed by atoms with Crippen molar-refractivity contribution in [3.05, 3.63) is 24.3 Å². The van der Waals surface area contributed by atoms with E-state index < -0.39 is 26.5 Å². The lowest BCUT2D eigenvalue weighted by atomic mass is 10.1.